The van der Waals surface area contributed by atoms with E-state index in [-0.39, 0.29) is 12.0 Å². The van der Waals surface area contributed by atoms with Crippen molar-refractivity contribution >= 4 is 11.0 Å². The first-order valence-corrected chi connectivity index (χ1v) is 9.26. The van der Waals surface area contributed by atoms with Crippen LogP contribution in [-0.2, 0) is 25.4 Å². The van der Waals surface area contributed by atoms with E-state index in [1.807, 2.05) is 31.5 Å². The van der Waals surface area contributed by atoms with Gasteiger partial charge >= 0.3 is 6.18 Å². The van der Waals surface area contributed by atoms with Crippen molar-refractivity contribution in [3.63, 3.8) is 0 Å². The Balaban J connectivity index is 1.45. The molecule has 0 radical (unpaired) electrons. The standard InChI is InChI=1S/C22H19F3N4/c1-14-8-19-17(12-29-21(19)28-10-14)9-15-2-4-18(27-11-15)5-3-16-6-7-26-13-20(16)22(23,24)25/h2,4,6-8,10-13H,3,5,9H2,1H3,(H,28,29). The predicted octanol–water partition coefficient (Wildman–Crippen LogP) is 5.06. The van der Waals surface area contributed by atoms with Gasteiger partial charge in [-0.3, -0.25) is 9.97 Å². The van der Waals surface area contributed by atoms with E-state index in [1.165, 1.54) is 12.3 Å². The van der Waals surface area contributed by atoms with Crippen molar-refractivity contribution in [2.75, 3.05) is 0 Å². The highest BCUT2D eigenvalue weighted by Crippen LogP contribution is 2.31. The van der Waals surface area contributed by atoms with E-state index < -0.39 is 11.7 Å². The lowest BCUT2D eigenvalue weighted by Crippen LogP contribution is -2.10. The van der Waals surface area contributed by atoms with Crippen LogP contribution in [0, 0.1) is 6.92 Å². The van der Waals surface area contributed by atoms with Crippen LogP contribution in [0.5, 0.6) is 0 Å². The first kappa shape index (κ1) is 19.1. The average molecular weight is 396 g/mol. The molecule has 4 aromatic rings. The van der Waals surface area contributed by atoms with Gasteiger partial charge in [0.15, 0.2) is 0 Å². The maximum Gasteiger partial charge on any atom is 0.418 e. The molecule has 29 heavy (non-hydrogen) atoms. The molecule has 1 N–H and O–H groups in total. The Morgan fingerprint density at radius 2 is 1.83 bits per heavy atom. The summed E-state index contributed by atoms with van der Waals surface area (Å²) >= 11 is 0. The summed E-state index contributed by atoms with van der Waals surface area (Å²) in [6.07, 6.45) is 4.84. The van der Waals surface area contributed by atoms with E-state index in [1.54, 1.807) is 6.20 Å². The van der Waals surface area contributed by atoms with Crippen LogP contribution < -0.4 is 0 Å². The van der Waals surface area contributed by atoms with Crippen molar-refractivity contribution in [1.82, 2.24) is 19.9 Å². The van der Waals surface area contributed by atoms with Crippen LogP contribution >= 0.6 is 0 Å². The fourth-order valence-electron chi connectivity index (χ4n) is 3.40. The van der Waals surface area contributed by atoms with Gasteiger partial charge < -0.3 is 4.98 Å². The van der Waals surface area contributed by atoms with E-state index in [0.717, 1.165) is 39.6 Å². The molecule has 0 saturated carbocycles. The minimum atomic E-state index is -4.40. The van der Waals surface area contributed by atoms with Crippen LogP contribution in [0.25, 0.3) is 11.0 Å². The van der Waals surface area contributed by atoms with Crippen LogP contribution in [0.1, 0.15) is 33.5 Å². The lowest BCUT2D eigenvalue weighted by atomic mass is 10.0. The zero-order valence-corrected chi connectivity index (χ0v) is 15.8. The number of aromatic amines is 1. The Kier molecular flexibility index (Phi) is 5.05. The van der Waals surface area contributed by atoms with Crippen LogP contribution in [0.15, 0.2) is 55.2 Å². The molecule has 0 saturated heterocycles. The highest BCUT2D eigenvalue weighted by molar-refractivity contribution is 5.80. The number of aromatic nitrogens is 4. The Morgan fingerprint density at radius 3 is 2.59 bits per heavy atom. The topological polar surface area (TPSA) is 54.5 Å². The van der Waals surface area contributed by atoms with Gasteiger partial charge in [0.1, 0.15) is 5.65 Å². The van der Waals surface area contributed by atoms with Crippen molar-refractivity contribution in [3.05, 3.63) is 88.8 Å². The molecule has 0 atom stereocenters. The summed E-state index contributed by atoms with van der Waals surface area (Å²) in [5, 5.41) is 1.09. The molecule has 0 spiro atoms. The molecule has 0 aliphatic heterocycles. The molecule has 7 heteroatoms. The summed E-state index contributed by atoms with van der Waals surface area (Å²) in [5.74, 6) is 0. The second kappa shape index (κ2) is 7.66. The number of hydrogen-bond donors (Lipinski definition) is 1. The molecule has 148 valence electrons. The number of nitrogens with zero attached hydrogens (tertiary/aromatic N) is 3. The summed E-state index contributed by atoms with van der Waals surface area (Å²) < 4.78 is 39.2. The van der Waals surface area contributed by atoms with Crippen LogP contribution in [0.2, 0.25) is 0 Å². The highest BCUT2D eigenvalue weighted by atomic mass is 19.4. The Labute approximate surface area is 165 Å². The maximum atomic E-state index is 13.1. The first-order valence-electron chi connectivity index (χ1n) is 9.26. The summed E-state index contributed by atoms with van der Waals surface area (Å²) in [6, 6.07) is 7.37. The maximum absolute atomic E-state index is 13.1. The normalized spacial score (nSPS) is 11.9. The summed E-state index contributed by atoms with van der Waals surface area (Å²) in [7, 11) is 0. The molecule has 0 bridgehead atoms. The van der Waals surface area contributed by atoms with E-state index in [4.69, 9.17) is 0 Å². The molecule has 0 aliphatic rings. The van der Waals surface area contributed by atoms with Crippen molar-refractivity contribution in [2.45, 2.75) is 32.4 Å². The number of nitrogens with one attached hydrogen (secondary N) is 1. The zero-order valence-electron chi connectivity index (χ0n) is 15.8. The van der Waals surface area contributed by atoms with Gasteiger partial charge in [-0.2, -0.15) is 13.2 Å². The van der Waals surface area contributed by atoms with Gasteiger partial charge in [-0.05, 0) is 60.2 Å². The largest absolute Gasteiger partial charge is 0.418 e. The molecule has 4 aromatic heterocycles. The van der Waals surface area contributed by atoms with Gasteiger partial charge in [-0.25, -0.2) is 4.98 Å². The number of halogens is 3. The summed E-state index contributed by atoms with van der Waals surface area (Å²) in [5.41, 5.74) is 4.44. The molecular formula is C22H19F3N4. The summed E-state index contributed by atoms with van der Waals surface area (Å²) in [4.78, 5) is 15.6. The third kappa shape index (κ3) is 4.29. The van der Waals surface area contributed by atoms with E-state index in [0.29, 0.717) is 12.8 Å². The number of fused-ring (bicyclic) bond motifs is 1. The van der Waals surface area contributed by atoms with Gasteiger partial charge in [0, 0.05) is 48.5 Å². The zero-order chi connectivity index (χ0) is 20.4. The molecule has 4 nitrogen and oxygen atoms in total. The number of rotatable bonds is 5. The predicted molar refractivity (Wildman–Crippen MR) is 105 cm³/mol. The van der Waals surface area contributed by atoms with E-state index in [9.17, 15) is 13.2 Å². The fourth-order valence-corrected chi connectivity index (χ4v) is 3.40. The monoisotopic (exact) mass is 396 g/mol. The van der Waals surface area contributed by atoms with Crippen LogP contribution in [0.4, 0.5) is 13.2 Å². The number of H-pyrrole nitrogens is 1. The highest BCUT2D eigenvalue weighted by Gasteiger charge is 2.33. The summed E-state index contributed by atoms with van der Waals surface area (Å²) in [6.45, 7) is 2.01. The van der Waals surface area contributed by atoms with Gasteiger partial charge in [-0.1, -0.05) is 6.07 Å². The molecule has 0 aliphatic carbocycles. The third-order valence-corrected chi connectivity index (χ3v) is 4.90. The molecule has 4 rings (SSSR count). The second-order valence-electron chi connectivity index (χ2n) is 7.09. The minimum absolute atomic E-state index is 0.236. The number of pyridine rings is 3. The third-order valence-electron chi connectivity index (χ3n) is 4.90. The quantitative estimate of drug-likeness (QED) is 0.513. The smallest absolute Gasteiger partial charge is 0.346 e. The van der Waals surface area contributed by atoms with Gasteiger partial charge in [0.2, 0.25) is 0 Å². The second-order valence-corrected chi connectivity index (χ2v) is 7.09. The Hall–Kier alpha value is -3.22. The van der Waals surface area contributed by atoms with Crippen molar-refractivity contribution in [3.8, 4) is 0 Å². The molecular weight excluding hydrogens is 377 g/mol. The van der Waals surface area contributed by atoms with Crippen LogP contribution in [-0.4, -0.2) is 19.9 Å². The molecule has 0 amide bonds. The van der Waals surface area contributed by atoms with E-state index in [2.05, 4.69) is 26.0 Å². The molecule has 0 unspecified atom stereocenters. The number of aryl methyl sites for hydroxylation is 3. The van der Waals surface area contributed by atoms with Crippen molar-refractivity contribution < 1.29 is 13.2 Å². The Bertz CT molecular complexity index is 1130. The number of hydrogen-bond acceptors (Lipinski definition) is 3. The lowest BCUT2D eigenvalue weighted by molar-refractivity contribution is -0.138. The average Bonchev–Trinajstić information content (AvgIpc) is 3.09. The molecule has 0 aromatic carbocycles. The minimum Gasteiger partial charge on any atom is -0.346 e. The van der Waals surface area contributed by atoms with Crippen LogP contribution in [0.3, 0.4) is 0 Å². The Morgan fingerprint density at radius 1 is 0.966 bits per heavy atom. The van der Waals surface area contributed by atoms with Gasteiger partial charge in [0.05, 0.1) is 5.56 Å². The molecule has 0 fully saturated rings. The number of alkyl halides is 3. The first-order chi connectivity index (χ1) is 13.9. The fraction of sp³-hybridized carbons (Fsp3) is 0.227. The van der Waals surface area contributed by atoms with Crippen molar-refractivity contribution in [1.29, 1.82) is 0 Å². The SMILES string of the molecule is Cc1cnc2[nH]cc(Cc3ccc(CCc4ccncc4C(F)(F)F)nc3)c2c1. The molecule has 4 heterocycles. The van der Waals surface area contributed by atoms with Gasteiger partial charge in [0.25, 0.3) is 0 Å². The van der Waals surface area contributed by atoms with Gasteiger partial charge in [-0.15, -0.1) is 0 Å². The lowest BCUT2D eigenvalue weighted by Gasteiger charge is -2.11. The van der Waals surface area contributed by atoms with E-state index >= 15 is 0 Å². The van der Waals surface area contributed by atoms with Crippen molar-refractivity contribution in [2.24, 2.45) is 0 Å².